The zero-order valence-electron chi connectivity index (χ0n) is 24.0. The van der Waals surface area contributed by atoms with Crippen LogP contribution in [0.2, 0.25) is 0 Å². The van der Waals surface area contributed by atoms with E-state index < -0.39 is 0 Å². The van der Waals surface area contributed by atoms with Crippen molar-refractivity contribution in [1.29, 1.82) is 0 Å². The molecule has 1 aliphatic heterocycles. The molecule has 2 aromatic carbocycles. The third-order valence-corrected chi connectivity index (χ3v) is 8.55. The van der Waals surface area contributed by atoms with Crippen molar-refractivity contribution in [2.24, 2.45) is 7.05 Å². The number of nitrogens with zero attached hydrogens (tertiary/aromatic N) is 5. The number of aromatic nitrogens is 4. The molecule has 2 fully saturated rings. The highest BCUT2D eigenvalue weighted by Crippen LogP contribution is 2.55. The third kappa shape index (κ3) is 5.31. The van der Waals surface area contributed by atoms with E-state index in [1.165, 1.54) is 13.5 Å². The summed E-state index contributed by atoms with van der Waals surface area (Å²) in [6, 6.07) is 18.4. The first kappa shape index (κ1) is 27.0. The van der Waals surface area contributed by atoms with Crippen LogP contribution < -0.4 is 0 Å². The maximum atomic E-state index is 13.6. The summed E-state index contributed by atoms with van der Waals surface area (Å²) in [5.41, 5.74) is 6.13. The summed E-state index contributed by atoms with van der Waals surface area (Å²) >= 11 is 0. The van der Waals surface area contributed by atoms with Crippen molar-refractivity contribution in [2.45, 2.75) is 63.3 Å². The molecular weight excluding hydrogens is 514 g/mol. The van der Waals surface area contributed by atoms with Crippen LogP contribution in [-0.4, -0.2) is 56.0 Å². The molecule has 41 heavy (non-hydrogen) atoms. The number of carbonyl (C=O) groups is 2. The van der Waals surface area contributed by atoms with Crippen LogP contribution in [0.15, 0.2) is 67.0 Å². The molecule has 2 aromatic heterocycles. The van der Waals surface area contributed by atoms with Gasteiger partial charge in [0.25, 0.3) is 5.91 Å². The molecule has 0 bridgehead atoms. The predicted molar refractivity (Wildman–Crippen MR) is 157 cm³/mol. The van der Waals surface area contributed by atoms with Crippen molar-refractivity contribution in [1.82, 2.24) is 24.5 Å². The third-order valence-electron chi connectivity index (χ3n) is 8.55. The highest BCUT2D eigenvalue weighted by Gasteiger charge is 2.45. The first-order chi connectivity index (χ1) is 20.0. The van der Waals surface area contributed by atoms with Gasteiger partial charge in [-0.25, -0.2) is 4.79 Å². The van der Waals surface area contributed by atoms with E-state index in [4.69, 9.17) is 4.74 Å². The van der Waals surface area contributed by atoms with Crippen LogP contribution in [0.4, 0.5) is 0 Å². The van der Waals surface area contributed by atoms with Gasteiger partial charge in [-0.1, -0.05) is 42.8 Å². The number of rotatable bonds is 8. The molecule has 1 saturated heterocycles. The number of aryl methyl sites for hydroxylation is 1. The van der Waals surface area contributed by atoms with E-state index in [2.05, 4.69) is 44.9 Å². The van der Waals surface area contributed by atoms with E-state index in [-0.39, 0.29) is 23.7 Å². The predicted octanol–water partition coefficient (Wildman–Crippen LogP) is 6.13. The van der Waals surface area contributed by atoms with Gasteiger partial charge < -0.3 is 14.2 Å². The Balaban J connectivity index is 1.31. The Hall–Kier alpha value is -4.20. The fraction of sp³-hybridized carbons (Fsp3) is 0.394. The number of hydrogen-bond donors (Lipinski definition) is 0. The smallest absolute Gasteiger partial charge is 0.339 e. The lowest BCUT2D eigenvalue weighted by Gasteiger charge is -2.36. The molecule has 2 aliphatic rings. The van der Waals surface area contributed by atoms with E-state index in [1.807, 2.05) is 55.8 Å². The standard InChI is InChI=1S/C33H37N5O3/c1-4-9-25-13-5-6-16-38(25)32(39)24-12-7-10-22(18-24)23-11-8-14-26(19-23)37-17-15-27(33(40)41-3)31(37)29-20-28(29)30-21-36(2)35-34-30/h7-8,10-12,14-15,17-19,21,25,28-29H,4-6,9,13,16,20H2,1-3H3/t25-,28-,29-/m1/s1. The summed E-state index contributed by atoms with van der Waals surface area (Å²) in [7, 11) is 3.28. The zero-order valence-corrected chi connectivity index (χ0v) is 24.0. The van der Waals surface area contributed by atoms with Crippen LogP contribution in [0.25, 0.3) is 16.8 Å². The maximum absolute atomic E-state index is 13.6. The van der Waals surface area contributed by atoms with Crippen LogP contribution in [0.1, 0.15) is 89.4 Å². The first-order valence-electron chi connectivity index (χ1n) is 14.7. The van der Waals surface area contributed by atoms with Gasteiger partial charge in [-0.15, -0.1) is 5.10 Å². The Bertz CT molecular complexity index is 1570. The quantitative estimate of drug-likeness (QED) is 0.246. The van der Waals surface area contributed by atoms with Crippen molar-refractivity contribution in [2.75, 3.05) is 13.7 Å². The van der Waals surface area contributed by atoms with Crippen LogP contribution in [0, 0.1) is 0 Å². The van der Waals surface area contributed by atoms with E-state index in [0.717, 1.165) is 72.4 Å². The van der Waals surface area contributed by atoms with Gasteiger partial charge in [-0.05, 0) is 73.6 Å². The van der Waals surface area contributed by atoms with Gasteiger partial charge in [0.15, 0.2) is 0 Å². The minimum Gasteiger partial charge on any atom is -0.465 e. The van der Waals surface area contributed by atoms with E-state index in [9.17, 15) is 9.59 Å². The Morgan fingerprint density at radius 2 is 1.83 bits per heavy atom. The van der Waals surface area contributed by atoms with Crippen molar-refractivity contribution in [3.63, 3.8) is 0 Å². The Morgan fingerprint density at radius 1 is 1.02 bits per heavy atom. The lowest BCUT2D eigenvalue weighted by atomic mass is 9.96. The number of esters is 1. The van der Waals surface area contributed by atoms with Crippen LogP contribution >= 0.6 is 0 Å². The maximum Gasteiger partial charge on any atom is 0.339 e. The van der Waals surface area contributed by atoms with Crippen molar-refractivity contribution >= 4 is 11.9 Å². The average Bonchev–Trinajstić information content (AvgIpc) is 3.46. The molecule has 0 N–H and O–H groups in total. The summed E-state index contributed by atoms with van der Waals surface area (Å²) in [6.07, 6.45) is 10.3. The fourth-order valence-corrected chi connectivity index (χ4v) is 6.42. The number of methoxy groups -OCH3 is 1. The van der Waals surface area contributed by atoms with Crippen molar-refractivity contribution in [3.05, 3.63) is 89.5 Å². The van der Waals surface area contributed by atoms with Gasteiger partial charge in [0, 0.05) is 60.8 Å². The lowest BCUT2D eigenvalue weighted by molar-refractivity contribution is 0.0592. The van der Waals surface area contributed by atoms with E-state index in [0.29, 0.717) is 11.6 Å². The molecule has 0 radical (unpaired) electrons. The molecule has 1 saturated carbocycles. The molecule has 3 heterocycles. The molecule has 4 aromatic rings. The largest absolute Gasteiger partial charge is 0.465 e. The number of amides is 1. The minimum absolute atomic E-state index is 0.125. The lowest BCUT2D eigenvalue weighted by Crippen LogP contribution is -2.43. The van der Waals surface area contributed by atoms with Gasteiger partial charge >= 0.3 is 5.97 Å². The molecule has 1 aliphatic carbocycles. The molecular formula is C33H37N5O3. The molecule has 8 heteroatoms. The van der Waals surface area contributed by atoms with E-state index >= 15 is 0 Å². The Morgan fingerprint density at radius 3 is 2.59 bits per heavy atom. The molecule has 3 atom stereocenters. The normalized spacial score (nSPS) is 20.2. The monoisotopic (exact) mass is 551 g/mol. The second-order valence-corrected chi connectivity index (χ2v) is 11.3. The summed E-state index contributed by atoms with van der Waals surface area (Å²) in [6.45, 7) is 3.02. The number of benzene rings is 2. The fourth-order valence-electron chi connectivity index (χ4n) is 6.42. The molecule has 0 unspecified atom stereocenters. The van der Waals surface area contributed by atoms with E-state index in [1.54, 1.807) is 4.68 Å². The molecule has 1 amide bonds. The SMILES string of the molecule is CCC[C@@H]1CCCCN1C(=O)c1cccc(-c2cccc(-n3ccc(C(=O)OC)c3[C@@H]3C[C@H]3c3cn(C)nn3)c2)c1. The molecule has 6 rings (SSSR count). The number of ether oxygens (including phenoxy) is 1. The molecule has 0 spiro atoms. The van der Waals surface area contributed by atoms with Crippen molar-refractivity contribution < 1.29 is 14.3 Å². The van der Waals surface area contributed by atoms with Gasteiger partial charge in [0.1, 0.15) is 0 Å². The van der Waals surface area contributed by atoms with Crippen LogP contribution in [0.5, 0.6) is 0 Å². The average molecular weight is 552 g/mol. The Kier molecular flexibility index (Phi) is 7.47. The zero-order chi connectivity index (χ0) is 28.5. The molecule has 212 valence electrons. The number of hydrogen-bond acceptors (Lipinski definition) is 5. The highest BCUT2D eigenvalue weighted by molar-refractivity contribution is 5.96. The number of carbonyl (C=O) groups excluding carboxylic acids is 2. The topological polar surface area (TPSA) is 82.3 Å². The second-order valence-electron chi connectivity index (χ2n) is 11.3. The van der Waals surface area contributed by atoms with Gasteiger partial charge in [-0.3, -0.25) is 9.48 Å². The number of likely N-dealkylation sites (tertiary alicyclic amines) is 1. The van der Waals surface area contributed by atoms with Crippen LogP contribution in [0.3, 0.4) is 0 Å². The van der Waals surface area contributed by atoms with Gasteiger partial charge in [-0.2, -0.15) is 0 Å². The van der Waals surface area contributed by atoms with Gasteiger partial charge in [0.2, 0.25) is 0 Å². The van der Waals surface area contributed by atoms with Gasteiger partial charge in [0.05, 0.1) is 18.4 Å². The summed E-state index contributed by atoms with van der Waals surface area (Å²) in [4.78, 5) is 28.4. The second kappa shape index (κ2) is 11.4. The summed E-state index contributed by atoms with van der Waals surface area (Å²) in [5.74, 6) is 0.129. The van der Waals surface area contributed by atoms with Crippen LogP contribution in [-0.2, 0) is 11.8 Å². The summed E-state index contributed by atoms with van der Waals surface area (Å²) in [5, 5.41) is 8.41. The minimum atomic E-state index is -0.343. The van der Waals surface area contributed by atoms with Crippen molar-refractivity contribution in [3.8, 4) is 16.8 Å². The highest BCUT2D eigenvalue weighted by atomic mass is 16.5. The Labute approximate surface area is 240 Å². The first-order valence-corrected chi connectivity index (χ1v) is 14.7. The molecule has 8 nitrogen and oxygen atoms in total. The summed E-state index contributed by atoms with van der Waals surface area (Å²) < 4.78 is 8.93. The number of piperidine rings is 1.